The summed E-state index contributed by atoms with van der Waals surface area (Å²) >= 11 is 1.41. The van der Waals surface area contributed by atoms with Crippen molar-refractivity contribution in [3.05, 3.63) is 65.6 Å². The second kappa shape index (κ2) is 7.53. The second-order valence-electron chi connectivity index (χ2n) is 5.80. The fraction of sp³-hybridized carbons (Fsp3) is 0.211. The van der Waals surface area contributed by atoms with Crippen LogP contribution in [0.2, 0.25) is 0 Å². The number of thioether (sulfide) groups is 1. The predicted molar refractivity (Wildman–Crippen MR) is 101 cm³/mol. The lowest BCUT2D eigenvalue weighted by molar-refractivity contribution is -0.113. The molecule has 1 amide bonds. The van der Waals surface area contributed by atoms with Gasteiger partial charge in [-0.25, -0.2) is 9.67 Å². The summed E-state index contributed by atoms with van der Waals surface area (Å²) in [4.78, 5) is 16.5. The Morgan fingerprint density at radius 3 is 2.56 bits per heavy atom. The normalized spacial score (nSPS) is 10.7. The van der Waals surface area contributed by atoms with Crippen molar-refractivity contribution in [2.24, 2.45) is 0 Å². The van der Waals surface area contributed by atoms with Crippen LogP contribution in [-0.4, -0.2) is 26.4 Å². The first-order valence-electron chi connectivity index (χ1n) is 8.01. The Balaban J connectivity index is 1.72. The van der Waals surface area contributed by atoms with Crippen LogP contribution in [0.15, 0.2) is 53.7 Å². The van der Waals surface area contributed by atoms with Crippen LogP contribution < -0.4 is 5.32 Å². The van der Waals surface area contributed by atoms with Crippen molar-refractivity contribution >= 4 is 23.4 Å². The van der Waals surface area contributed by atoms with Gasteiger partial charge in [0.15, 0.2) is 0 Å². The van der Waals surface area contributed by atoms with Crippen LogP contribution in [0.4, 0.5) is 5.69 Å². The van der Waals surface area contributed by atoms with Gasteiger partial charge in [0.25, 0.3) is 0 Å². The Kier molecular flexibility index (Phi) is 5.19. The van der Waals surface area contributed by atoms with E-state index in [0.29, 0.717) is 5.75 Å². The summed E-state index contributed by atoms with van der Waals surface area (Å²) in [6.45, 7) is 5.91. The minimum atomic E-state index is -0.0645. The van der Waals surface area contributed by atoms with E-state index in [-0.39, 0.29) is 5.91 Å². The number of carbonyl (C=O) groups is 1. The highest BCUT2D eigenvalue weighted by atomic mass is 32.2. The Bertz CT molecular complexity index is 872. The smallest absolute Gasteiger partial charge is 0.234 e. The molecule has 0 atom stereocenters. The third-order valence-electron chi connectivity index (χ3n) is 3.82. The first-order valence-corrected chi connectivity index (χ1v) is 9.00. The molecule has 2 heterocycles. The SMILES string of the molecule is Cc1ccc(-n2nc(C)c(NC(=O)CSc3ccccn3)c2C)cc1. The number of aryl methyl sites for hydroxylation is 2. The van der Waals surface area contributed by atoms with Crippen molar-refractivity contribution in [3.8, 4) is 5.69 Å². The molecule has 2 aromatic heterocycles. The zero-order chi connectivity index (χ0) is 17.8. The molecule has 25 heavy (non-hydrogen) atoms. The van der Waals surface area contributed by atoms with Crippen LogP contribution in [0.3, 0.4) is 0 Å². The Labute approximate surface area is 151 Å². The van der Waals surface area contributed by atoms with E-state index in [2.05, 4.69) is 22.3 Å². The Morgan fingerprint density at radius 2 is 1.88 bits per heavy atom. The molecule has 0 unspecified atom stereocenters. The molecule has 0 fully saturated rings. The third-order valence-corrected chi connectivity index (χ3v) is 4.77. The van der Waals surface area contributed by atoms with Gasteiger partial charge in [-0.05, 0) is 45.0 Å². The van der Waals surface area contributed by atoms with Gasteiger partial charge in [-0.3, -0.25) is 4.79 Å². The Hall–Kier alpha value is -2.60. The Morgan fingerprint density at radius 1 is 1.12 bits per heavy atom. The van der Waals surface area contributed by atoms with Gasteiger partial charge in [-0.2, -0.15) is 5.10 Å². The first-order chi connectivity index (χ1) is 12.0. The first kappa shape index (κ1) is 17.2. The molecular weight excluding hydrogens is 332 g/mol. The molecule has 1 N–H and O–H groups in total. The number of hydrogen-bond donors (Lipinski definition) is 1. The minimum Gasteiger partial charge on any atom is -0.322 e. The molecule has 0 bridgehead atoms. The number of rotatable bonds is 5. The van der Waals surface area contributed by atoms with E-state index in [1.54, 1.807) is 6.20 Å². The van der Waals surface area contributed by atoms with E-state index >= 15 is 0 Å². The fourth-order valence-electron chi connectivity index (χ4n) is 2.51. The largest absolute Gasteiger partial charge is 0.322 e. The molecule has 0 saturated carbocycles. The summed E-state index contributed by atoms with van der Waals surface area (Å²) in [5, 5.41) is 8.38. The molecule has 0 aliphatic carbocycles. The maximum absolute atomic E-state index is 12.3. The van der Waals surface area contributed by atoms with Gasteiger partial charge in [-0.1, -0.05) is 35.5 Å². The zero-order valence-electron chi connectivity index (χ0n) is 14.5. The van der Waals surface area contributed by atoms with Gasteiger partial charge < -0.3 is 5.32 Å². The van der Waals surface area contributed by atoms with Gasteiger partial charge in [0.1, 0.15) is 0 Å². The highest BCUT2D eigenvalue weighted by Crippen LogP contribution is 2.23. The van der Waals surface area contributed by atoms with Crippen molar-refractivity contribution in [2.45, 2.75) is 25.8 Å². The van der Waals surface area contributed by atoms with Gasteiger partial charge in [0.05, 0.1) is 33.5 Å². The van der Waals surface area contributed by atoms with Crippen LogP contribution in [0.5, 0.6) is 0 Å². The lowest BCUT2D eigenvalue weighted by Crippen LogP contribution is -2.15. The molecule has 0 saturated heterocycles. The van der Waals surface area contributed by atoms with Gasteiger partial charge in [-0.15, -0.1) is 0 Å². The highest BCUT2D eigenvalue weighted by Gasteiger charge is 2.15. The maximum atomic E-state index is 12.3. The monoisotopic (exact) mass is 352 g/mol. The summed E-state index contributed by atoms with van der Waals surface area (Å²) in [6, 6.07) is 13.8. The van der Waals surface area contributed by atoms with E-state index in [0.717, 1.165) is 27.8 Å². The summed E-state index contributed by atoms with van der Waals surface area (Å²) in [5.41, 5.74) is 4.67. The molecule has 3 aromatic rings. The predicted octanol–water partition coefficient (Wildman–Crippen LogP) is 3.92. The molecule has 128 valence electrons. The van der Waals surface area contributed by atoms with Crippen LogP contribution >= 0.6 is 11.8 Å². The van der Waals surface area contributed by atoms with Crippen molar-refractivity contribution in [1.29, 1.82) is 0 Å². The average Bonchev–Trinajstić information content (AvgIpc) is 2.90. The van der Waals surface area contributed by atoms with Crippen molar-refractivity contribution < 1.29 is 4.79 Å². The molecule has 0 spiro atoms. The van der Waals surface area contributed by atoms with Gasteiger partial charge >= 0.3 is 0 Å². The molecular formula is C19H20N4OS. The van der Waals surface area contributed by atoms with Gasteiger partial charge in [0.2, 0.25) is 5.91 Å². The maximum Gasteiger partial charge on any atom is 0.234 e. The average molecular weight is 352 g/mol. The number of aromatic nitrogens is 3. The molecule has 0 aliphatic rings. The number of amides is 1. The molecule has 0 radical (unpaired) electrons. The van der Waals surface area contributed by atoms with Crippen LogP contribution in [0, 0.1) is 20.8 Å². The lowest BCUT2D eigenvalue weighted by Gasteiger charge is -2.07. The van der Waals surface area contributed by atoms with E-state index in [4.69, 9.17) is 0 Å². The fourth-order valence-corrected chi connectivity index (χ4v) is 3.17. The summed E-state index contributed by atoms with van der Waals surface area (Å²) in [5.74, 6) is 0.247. The summed E-state index contributed by atoms with van der Waals surface area (Å²) in [6.07, 6.45) is 1.72. The zero-order valence-corrected chi connectivity index (χ0v) is 15.3. The van der Waals surface area contributed by atoms with Crippen LogP contribution in [-0.2, 0) is 4.79 Å². The van der Waals surface area contributed by atoms with Crippen LogP contribution in [0.25, 0.3) is 5.69 Å². The quantitative estimate of drug-likeness (QED) is 0.707. The second-order valence-corrected chi connectivity index (χ2v) is 6.79. The lowest BCUT2D eigenvalue weighted by atomic mass is 10.2. The topological polar surface area (TPSA) is 59.8 Å². The minimum absolute atomic E-state index is 0.0645. The van der Waals surface area contributed by atoms with E-state index in [1.807, 2.05) is 61.0 Å². The summed E-state index contributed by atoms with van der Waals surface area (Å²) in [7, 11) is 0. The number of benzene rings is 1. The molecule has 6 heteroatoms. The van der Waals surface area contributed by atoms with E-state index in [1.165, 1.54) is 17.3 Å². The number of hydrogen-bond acceptors (Lipinski definition) is 4. The van der Waals surface area contributed by atoms with Crippen molar-refractivity contribution in [3.63, 3.8) is 0 Å². The van der Waals surface area contributed by atoms with Crippen LogP contribution in [0.1, 0.15) is 17.0 Å². The number of nitrogens with zero attached hydrogens (tertiary/aromatic N) is 3. The van der Waals surface area contributed by atoms with Crippen molar-refractivity contribution in [2.75, 3.05) is 11.1 Å². The van der Waals surface area contributed by atoms with E-state index in [9.17, 15) is 4.79 Å². The number of anilines is 1. The number of nitrogens with one attached hydrogen (secondary N) is 1. The highest BCUT2D eigenvalue weighted by molar-refractivity contribution is 7.99. The molecule has 5 nitrogen and oxygen atoms in total. The number of pyridine rings is 1. The number of carbonyl (C=O) groups excluding carboxylic acids is 1. The third kappa shape index (κ3) is 4.09. The summed E-state index contributed by atoms with van der Waals surface area (Å²) < 4.78 is 1.86. The standard InChI is InChI=1S/C19H20N4OS/c1-13-7-9-16(10-8-13)23-15(3)19(14(2)22-23)21-17(24)12-25-18-6-4-5-11-20-18/h4-11H,12H2,1-3H3,(H,21,24). The van der Waals surface area contributed by atoms with Crippen molar-refractivity contribution in [1.82, 2.24) is 14.8 Å². The molecule has 3 rings (SSSR count). The van der Waals surface area contributed by atoms with Gasteiger partial charge in [0, 0.05) is 6.20 Å². The molecule has 1 aromatic carbocycles. The van der Waals surface area contributed by atoms with E-state index < -0.39 is 0 Å². The molecule has 0 aliphatic heterocycles.